The minimum atomic E-state index is -0.130. The quantitative estimate of drug-likeness (QED) is 0.272. The van der Waals surface area contributed by atoms with E-state index in [0.29, 0.717) is 46.5 Å². The zero-order chi connectivity index (χ0) is 33.9. The van der Waals surface area contributed by atoms with Gasteiger partial charge in [0.1, 0.15) is 6.10 Å². The van der Waals surface area contributed by atoms with Gasteiger partial charge in [0.2, 0.25) is 5.91 Å². The van der Waals surface area contributed by atoms with E-state index in [1.807, 2.05) is 0 Å². The van der Waals surface area contributed by atoms with E-state index in [0.717, 1.165) is 38.3 Å². The molecule has 0 bridgehead atoms. The third kappa shape index (κ3) is 4.84. The molecule has 11 atom stereocenters. The van der Waals surface area contributed by atoms with Crippen LogP contribution >= 0.6 is 11.8 Å². The van der Waals surface area contributed by atoms with Crippen molar-refractivity contribution >= 4 is 23.6 Å². The number of hydrogen-bond donors (Lipinski definition) is 0. The lowest BCUT2D eigenvalue weighted by molar-refractivity contribution is -0.251. The fourth-order valence-corrected chi connectivity index (χ4v) is 16.3. The van der Waals surface area contributed by atoms with E-state index in [9.17, 15) is 4.79 Å². The number of fused-ring (bicyclic) bond motifs is 7. The zero-order valence-corrected chi connectivity index (χ0v) is 32.5. The highest BCUT2D eigenvalue weighted by Crippen LogP contribution is 2.79. The van der Waals surface area contributed by atoms with Crippen molar-refractivity contribution in [2.45, 2.75) is 151 Å². The van der Waals surface area contributed by atoms with Gasteiger partial charge in [-0.25, -0.2) is 0 Å². The summed E-state index contributed by atoms with van der Waals surface area (Å²) in [6.07, 6.45) is 17.3. The normalized spacial score (nSPS) is 49.3. The molecule has 0 aromatic heterocycles. The average Bonchev–Trinajstić information content (AvgIpc) is 3.42. The molecule has 6 aliphatic carbocycles. The summed E-state index contributed by atoms with van der Waals surface area (Å²) in [6, 6.07) is 0.424. The van der Waals surface area contributed by atoms with Gasteiger partial charge in [0.15, 0.2) is 0 Å². The molecular formula is C42H68N2O3S. The number of ether oxygens (including phenoxy) is 1. The van der Waals surface area contributed by atoms with Crippen LogP contribution in [0, 0.1) is 62.1 Å². The summed E-state index contributed by atoms with van der Waals surface area (Å²) in [5.41, 5.74) is 1.18. The number of rotatable bonds is 5. The Labute approximate surface area is 297 Å². The Hall–Kier alpha value is -0.750. The average molecular weight is 681 g/mol. The van der Waals surface area contributed by atoms with Crippen LogP contribution < -0.4 is 0 Å². The van der Waals surface area contributed by atoms with Gasteiger partial charge in [0.25, 0.3) is 0 Å². The molecule has 0 aromatic rings. The first-order valence-corrected chi connectivity index (χ1v) is 21.6. The van der Waals surface area contributed by atoms with Gasteiger partial charge >= 0.3 is 5.97 Å². The molecule has 5 nitrogen and oxygen atoms in total. The topological polar surface area (TPSA) is 49.9 Å². The number of likely N-dealkylation sites (tertiary alicyclic amines) is 1. The van der Waals surface area contributed by atoms with Crippen LogP contribution in [-0.2, 0) is 14.3 Å². The summed E-state index contributed by atoms with van der Waals surface area (Å²) < 4.78 is 6.01. The van der Waals surface area contributed by atoms with Crippen LogP contribution in [0.5, 0.6) is 0 Å². The minimum Gasteiger partial charge on any atom is -0.462 e. The smallest absolute Gasteiger partial charge is 0.302 e. The molecule has 3 unspecified atom stereocenters. The minimum absolute atomic E-state index is 0.00229. The molecule has 8 aliphatic rings. The Balaban J connectivity index is 1.10. The number of amides is 1. The van der Waals surface area contributed by atoms with Crippen LogP contribution in [0.3, 0.4) is 0 Å². The lowest BCUT2D eigenvalue weighted by Crippen LogP contribution is -2.68. The van der Waals surface area contributed by atoms with Crippen LogP contribution in [-0.4, -0.2) is 71.5 Å². The van der Waals surface area contributed by atoms with Crippen LogP contribution in [0.2, 0.25) is 0 Å². The second kappa shape index (κ2) is 11.6. The van der Waals surface area contributed by atoms with E-state index in [-0.39, 0.29) is 33.7 Å². The highest BCUT2D eigenvalue weighted by atomic mass is 32.2. The zero-order valence-electron chi connectivity index (χ0n) is 31.7. The second-order valence-electron chi connectivity index (χ2n) is 20.3. The molecule has 1 amide bonds. The van der Waals surface area contributed by atoms with Gasteiger partial charge in [-0.15, -0.1) is 0 Å². The number of hydrogen-bond acceptors (Lipinski definition) is 5. The fraction of sp³-hybridized carbons (Fsp3) is 0.952. The highest BCUT2D eigenvalue weighted by molar-refractivity contribution is 7.99. The Kier molecular flexibility index (Phi) is 8.32. The number of thioether (sulfide) groups is 1. The summed E-state index contributed by atoms with van der Waals surface area (Å²) >= 11 is 2.09. The third-order valence-corrected chi connectivity index (χ3v) is 19.2. The van der Waals surface area contributed by atoms with Gasteiger partial charge in [0, 0.05) is 56.1 Å². The molecule has 270 valence electrons. The molecule has 8 rings (SSSR count). The maximum atomic E-state index is 15.4. The Morgan fingerprint density at radius 3 is 2.19 bits per heavy atom. The Bertz CT molecular complexity index is 1290. The number of carbonyl (C=O) groups is 2. The summed E-state index contributed by atoms with van der Waals surface area (Å²) in [5.74, 6) is 6.20. The summed E-state index contributed by atoms with van der Waals surface area (Å²) in [5, 5.41) is 0. The number of esters is 1. The van der Waals surface area contributed by atoms with Crippen LogP contribution in [0.25, 0.3) is 0 Å². The maximum absolute atomic E-state index is 15.4. The molecule has 0 N–H and O–H groups in total. The third-order valence-electron chi connectivity index (χ3n) is 18.3. The maximum Gasteiger partial charge on any atom is 0.302 e. The monoisotopic (exact) mass is 680 g/mol. The SMILES string of the molecule is CC(=O)O[C@H]1CC[C@@]2(C)C(CC[C@]3(C)C2CC[C@@H]2C4[C@H](C5(C)CC5)CC[C@]4(C(=O)N4CCC[C@H]4CN4CCSCC4)CC[C@]23C)C1(C)C. The molecule has 2 aliphatic heterocycles. The van der Waals surface area contributed by atoms with Crippen molar-refractivity contribution in [3.05, 3.63) is 0 Å². The largest absolute Gasteiger partial charge is 0.462 e. The van der Waals surface area contributed by atoms with Gasteiger partial charge in [-0.3, -0.25) is 14.5 Å². The van der Waals surface area contributed by atoms with Crippen molar-refractivity contribution in [2.75, 3.05) is 37.7 Å². The molecular weight excluding hydrogens is 613 g/mol. The molecule has 0 spiro atoms. The molecule has 2 saturated heterocycles. The van der Waals surface area contributed by atoms with Gasteiger partial charge < -0.3 is 9.64 Å². The summed E-state index contributed by atoms with van der Waals surface area (Å²) in [6.45, 7) is 21.6. The highest BCUT2D eigenvalue weighted by Gasteiger charge is 2.74. The lowest BCUT2D eigenvalue weighted by atomic mass is 9.32. The number of nitrogens with zero attached hydrogens (tertiary/aromatic N) is 2. The molecule has 8 fully saturated rings. The van der Waals surface area contributed by atoms with E-state index in [2.05, 4.69) is 63.1 Å². The lowest BCUT2D eigenvalue weighted by Gasteiger charge is -2.73. The summed E-state index contributed by atoms with van der Waals surface area (Å²) in [7, 11) is 0. The van der Waals surface area contributed by atoms with Crippen LogP contribution in [0.4, 0.5) is 0 Å². The van der Waals surface area contributed by atoms with Crippen molar-refractivity contribution in [3.63, 3.8) is 0 Å². The van der Waals surface area contributed by atoms with Crippen LogP contribution in [0.1, 0.15) is 138 Å². The van der Waals surface area contributed by atoms with Gasteiger partial charge in [-0.1, -0.05) is 41.5 Å². The van der Waals surface area contributed by atoms with Crippen molar-refractivity contribution in [1.29, 1.82) is 0 Å². The predicted octanol–water partition coefficient (Wildman–Crippen LogP) is 8.84. The predicted molar refractivity (Wildman–Crippen MR) is 196 cm³/mol. The van der Waals surface area contributed by atoms with Gasteiger partial charge in [-0.05, 0) is 141 Å². The Morgan fingerprint density at radius 1 is 0.729 bits per heavy atom. The number of carbonyl (C=O) groups excluding carboxylic acids is 2. The molecule has 48 heavy (non-hydrogen) atoms. The molecule has 6 heteroatoms. The molecule has 6 saturated carbocycles. The Morgan fingerprint density at radius 2 is 1.48 bits per heavy atom. The molecule has 0 aromatic carbocycles. The van der Waals surface area contributed by atoms with E-state index >= 15 is 4.79 Å². The van der Waals surface area contributed by atoms with Crippen molar-refractivity contribution in [2.24, 2.45) is 62.1 Å². The van der Waals surface area contributed by atoms with Crippen LogP contribution in [0.15, 0.2) is 0 Å². The first-order valence-electron chi connectivity index (χ1n) is 20.5. The fourth-order valence-electron chi connectivity index (χ4n) is 15.4. The standard InChI is InChI=1S/C42H68N2O3S/c1-28(45)47-34-14-15-39(5)32(37(34,2)3)13-16-41(7)33(39)11-10-31-35-30(38(4)18-19-38)12-17-42(35,21-20-40(31,41)6)36(46)44-22-8-9-29(44)27-43-23-25-48-26-24-43/h29-35H,8-27H2,1-7H3/t29-,30+,31+,32?,33?,34-,35?,39-,40+,41+,42-/m0/s1. The van der Waals surface area contributed by atoms with Gasteiger partial charge in [0.05, 0.1) is 5.41 Å². The molecule has 0 radical (unpaired) electrons. The first-order chi connectivity index (χ1) is 22.7. The molecule has 2 heterocycles. The van der Waals surface area contributed by atoms with Crippen molar-refractivity contribution < 1.29 is 14.3 Å². The van der Waals surface area contributed by atoms with E-state index in [1.54, 1.807) is 6.92 Å². The van der Waals surface area contributed by atoms with Crippen molar-refractivity contribution in [1.82, 2.24) is 9.80 Å². The van der Waals surface area contributed by atoms with Crippen molar-refractivity contribution in [3.8, 4) is 0 Å². The van der Waals surface area contributed by atoms with E-state index in [4.69, 9.17) is 4.74 Å². The second-order valence-corrected chi connectivity index (χ2v) is 21.5. The van der Waals surface area contributed by atoms with E-state index < -0.39 is 0 Å². The first kappa shape index (κ1) is 34.3. The summed E-state index contributed by atoms with van der Waals surface area (Å²) in [4.78, 5) is 32.6. The van der Waals surface area contributed by atoms with Gasteiger partial charge in [-0.2, -0.15) is 11.8 Å². The van der Waals surface area contributed by atoms with E-state index in [1.165, 1.54) is 95.2 Å².